The van der Waals surface area contributed by atoms with Crippen molar-refractivity contribution in [1.82, 2.24) is 0 Å². The van der Waals surface area contributed by atoms with E-state index in [0.717, 1.165) is 9.13 Å². The standard InChI is InChI=1S/C8H7IN2/c9-8-2-1-6(4-10)3-7(8)5-11/h1-3H,5,11H2. The minimum atomic E-state index is 0.494. The van der Waals surface area contributed by atoms with Crippen molar-refractivity contribution in [3.63, 3.8) is 0 Å². The molecule has 0 radical (unpaired) electrons. The van der Waals surface area contributed by atoms with Gasteiger partial charge in [0.1, 0.15) is 0 Å². The number of benzene rings is 1. The normalized spacial score (nSPS) is 9.18. The molecule has 0 amide bonds. The van der Waals surface area contributed by atoms with Gasteiger partial charge in [0, 0.05) is 10.1 Å². The Bertz CT molecular complexity index is 301. The predicted octanol–water partition coefficient (Wildman–Crippen LogP) is 1.62. The average molecular weight is 258 g/mol. The molecule has 1 aromatic rings. The van der Waals surface area contributed by atoms with Gasteiger partial charge in [0.15, 0.2) is 0 Å². The van der Waals surface area contributed by atoms with Crippen molar-refractivity contribution in [3.8, 4) is 6.07 Å². The van der Waals surface area contributed by atoms with Gasteiger partial charge in [-0.1, -0.05) is 0 Å². The first-order valence-electron chi connectivity index (χ1n) is 3.16. The summed E-state index contributed by atoms with van der Waals surface area (Å²) in [5.41, 5.74) is 7.16. The van der Waals surface area contributed by atoms with Gasteiger partial charge < -0.3 is 5.73 Å². The minimum absolute atomic E-state index is 0.494. The van der Waals surface area contributed by atoms with Gasteiger partial charge in [-0.05, 0) is 46.4 Å². The van der Waals surface area contributed by atoms with Gasteiger partial charge in [-0.2, -0.15) is 5.26 Å². The van der Waals surface area contributed by atoms with Crippen LogP contribution in [0.4, 0.5) is 0 Å². The van der Waals surface area contributed by atoms with Crippen LogP contribution in [-0.4, -0.2) is 0 Å². The molecule has 0 aromatic heterocycles. The molecule has 0 atom stereocenters. The molecule has 0 aliphatic rings. The molecule has 0 saturated heterocycles. The van der Waals surface area contributed by atoms with Crippen LogP contribution < -0.4 is 5.73 Å². The maximum atomic E-state index is 8.56. The number of nitrogens with zero attached hydrogens (tertiary/aromatic N) is 1. The highest BCUT2D eigenvalue weighted by molar-refractivity contribution is 14.1. The van der Waals surface area contributed by atoms with Crippen molar-refractivity contribution in [2.24, 2.45) is 5.73 Å². The second-order valence-electron chi connectivity index (χ2n) is 2.12. The molecule has 2 nitrogen and oxygen atoms in total. The van der Waals surface area contributed by atoms with Gasteiger partial charge in [-0.25, -0.2) is 0 Å². The predicted molar refractivity (Wildman–Crippen MR) is 51.8 cm³/mol. The molecule has 2 N–H and O–H groups in total. The van der Waals surface area contributed by atoms with Crippen LogP contribution in [0.3, 0.4) is 0 Å². The van der Waals surface area contributed by atoms with Gasteiger partial charge in [0.2, 0.25) is 0 Å². The van der Waals surface area contributed by atoms with Crippen molar-refractivity contribution in [3.05, 3.63) is 32.9 Å². The molecule has 0 spiro atoms. The van der Waals surface area contributed by atoms with E-state index in [9.17, 15) is 0 Å². The van der Waals surface area contributed by atoms with E-state index in [1.165, 1.54) is 0 Å². The van der Waals surface area contributed by atoms with E-state index < -0.39 is 0 Å². The van der Waals surface area contributed by atoms with Crippen LogP contribution in [0.5, 0.6) is 0 Å². The van der Waals surface area contributed by atoms with Crippen LogP contribution in [0.25, 0.3) is 0 Å². The Morgan fingerprint density at radius 1 is 1.55 bits per heavy atom. The summed E-state index contributed by atoms with van der Waals surface area (Å²) in [6.07, 6.45) is 0. The quantitative estimate of drug-likeness (QED) is 0.778. The molecule has 1 rings (SSSR count). The van der Waals surface area contributed by atoms with Gasteiger partial charge in [0.05, 0.1) is 11.6 Å². The first-order chi connectivity index (χ1) is 5.27. The van der Waals surface area contributed by atoms with Crippen molar-refractivity contribution in [2.75, 3.05) is 0 Å². The molecular weight excluding hydrogens is 251 g/mol. The van der Waals surface area contributed by atoms with Crippen LogP contribution in [0, 0.1) is 14.9 Å². The summed E-state index contributed by atoms with van der Waals surface area (Å²) in [6.45, 7) is 0.494. The topological polar surface area (TPSA) is 49.8 Å². The lowest BCUT2D eigenvalue weighted by atomic mass is 10.1. The van der Waals surface area contributed by atoms with E-state index in [-0.39, 0.29) is 0 Å². The van der Waals surface area contributed by atoms with Gasteiger partial charge >= 0.3 is 0 Å². The maximum absolute atomic E-state index is 8.56. The lowest BCUT2D eigenvalue weighted by molar-refractivity contribution is 1.06. The second-order valence-corrected chi connectivity index (χ2v) is 3.28. The van der Waals surface area contributed by atoms with E-state index in [1.807, 2.05) is 12.1 Å². The summed E-state index contributed by atoms with van der Waals surface area (Å²) < 4.78 is 1.11. The maximum Gasteiger partial charge on any atom is 0.0991 e. The molecule has 0 aliphatic heterocycles. The highest BCUT2D eigenvalue weighted by Crippen LogP contribution is 2.12. The summed E-state index contributed by atoms with van der Waals surface area (Å²) in [6, 6.07) is 7.59. The fourth-order valence-electron chi connectivity index (χ4n) is 0.801. The van der Waals surface area contributed by atoms with Crippen LogP contribution in [0.15, 0.2) is 18.2 Å². The molecule has 56 valence electrons. The molecule has 0 aliphatic carbocycles. The van der Waals surface area contributed by atoms with Gasteiger partial charge in [-0.15, -0.1) is 0 Å². The van der Waals surface area contributed by atoms with E-state index in [4.69, 9.17) is 11.0 Å². The summed E-state index contributed by atoms with van der Waals surface area (Å²) in [5.74, 6) is 0. The van der Waals surface area contributed by atoms with Crippen LogP contribution in [0.2, 0.25) is 0 Å². The van der Waals surface area contributed by atoms with Gasteiger partial charge in [0.25, 0.3) is 0 Å². The SMILES string of the molecule is N#Cc1ccc(I)c(CN)c1. The largest absolute Gasteiger partial charge is 0.326 e. The van der Waals surface area contributed by atoms with Crippen LogP contribution >= 0.6 is 22.6 Å². The summed E-state index contributed by atoms with van der Waals surface area (Å²) in [7, 11) is 0. The van der Waals surface area contributed by atoms with Crippen molar-refractivity contribution in [1.29, 1.82) is 5.26 Å². The van der Waals surface area contributed by atoms with E-state index in [2.05, 4.69) is 28.7 Å². The summed E-state index contributed by atoms with van der Waals surface area (Å²) in [4.78, 5) is 0. The zero-order valence-corrected chi connectivity index (χ0v) is 8.00. The van der Waals surface area contributed by atoms with Crippen LogP contribution in [0.1, 0.15) is 11.1 Å². The second kappa shape index (κ2) is 3.69. The Hall–Kier alpha value is -0.600. The van der Waals surface area contributed by atoms with Crippen molar-refractivity contribution in [2.45, 2.75) is 6.54 Å². The molecule has 3 heteroatoms. The highest BCUT2D eigenvalue weighted by atomic mass is 127. The number of nitrogens with two attached hydrogens (primary N) is 1. The number of nitriles is 1. The Kier molecular flexibility index (Phi) is 2.85. The first-order valence-corrected chi connectivity index (χ1v) is 4.24. The molecule has 0 fully saturated rings. The van der Waals surface area contributed by atoms with E-state index in [0.29, 0.717) is 12.1 Å². The van der Waals surface area contributed by atoms with Crippen LogP contribution in [-0.2, 0) is 6.54 Å². The lowest BCUT2D eigenvalue weighted by Crippen LogP contribution is -1.99. The zero-order valence-electron chi connectivity index (χ0n) is 5.84. The smallest absolute Gasteiger partial charge is 0.0991 e. The Labute approximate surface area is 79.2 Å². The average Bonchev–Trinajstić information content (AvgIpc) is 2.05. The number of rotatable bonds is 1. The molecular formula is C8H7IN2. The first kappa shape index (κ1) is 8.50. The third-order valence-corrected chi connectivity index (χ3v) is 2.45. The molecule has 0 unspecified atom stereocenters. The Morgan fingerprint density at radius 2 is 2.27 bits per heavy atom. The number of halogens is 1. The summed E-state index contributed by atoms with van der Waals surface area (Å²) in [5, 5.41) is 8.56. The van der Waals surface area contributed by atoms with Crippen molar-refractivity contribution < 1.29 is 0 Å². The molecule has 11 heavy (non-hydrogen) atoms. The monoisotopic (exact) mass is 258 g/mol. The fourth-order valence-corrected chi connectivity index (χ4v) is 1.36. The number of hydrogen-bond acceptors (Lipinski definition) is 2. The lowest BCUT2D eigenvalue weighted by Gasteiger charge is -1.99. The fraction of sp³-hybridized carbons (Fsp3) is 0.125. The van der Waals surface area contributed by atoms with Gasteiger partial charge in [-0.3, -0.25) is 0 Å². The summed E-state index contributed by atoms with van der Waals surface area (Å²) >= 11 is 2.20. The van der Waals surface area contributed by atoms with Crippen molar-refractivity contribution >= 4 is 22.6 Å². The van der Waals surface area contributed by atoms with E-state index in [1.54, 1.807) is 6.07 Å². The Balaban J connectivity index is 3.15. The third kappa shape index (κ3) is 1.91. The zero-order chi connectivity index (χ0) is 8.27. The Morgan fingerprint density at radius 3 is 2.82 bits per heavy atom. The third-order valence-electron chi connectivity index (χ3n) is 1.39. The highest BCUT2D eigenvalue weighted by Gasteiger charge is 1.97. The molecule has 0 heterocycles. The van der Waals surface area contributed by atoms with E-state index >= 15 is 0 Å². The molecule has 1 aromatic carbocycles. The minimum Gasteiger partial charge on any atom is -0.326 e. The molecule has 0 saturated carbocycles. The molecule has 0 bridgehead atoms. The number of hydrogen-bond donors (Lipinski definition) is 1.